The van der Waals surface area contributed by atoms with E-state index < -0.39 is 29.4 Å². The Hall–Kier alpha value is -3.47. The van der Waals surface area contributed by atoms with Gasteiger partial charge in [0.05, 0.1) is 11.1 Å². The third kappa shape index (κ3) is 6.20. The molecule has 0 bridgehead atoms. The molecule has 0 aromatic heterocycles. The standard InChI is InChI=1S/C33H45N5O6/c1-32(2,3)44-31(43)36-15-9-22(10-16-36)20-35-17-12-33(13-18-35)11-4-14-37(21-33)23-5-6-24-25(19-23)30(42)38(29(24)41)26-7-8-27(39)34-28(26)40/h5-6,19,22,26H,4,7-18,20-21H2,1-3H3,(H,34,39,40). The first-order valence-corrected chi connectivity index (χ1v) is 16.2. The van der Waals surface area contributed by atoms with Crippen molar-refractivity contribution in [3.8, 4) is 0 Å². The van der Waals surface area contributed by atoms with Crippen molar-refractivity contribution in [1.29, 1.82) is 0 Å². The summed E-state index contributed by atoms with van der Waals surface area (Å²) >= 11 is 0. The van der Waals surface area contributed by atoms with Crippen molar-refractivity contribution in [2.24, 2.45) is 11.3 Å². The second-order valence-corrected chi connectivity index (χ2v) is 14.4. The van der Waals surface area contributed by atoms with Gasteiger partial charge in [0.1, 0.15) is 11.6 Å². The first-order valence-electron chi connectivity index (χ1n) is 16.2. The number of rotatable bonds is 4. The molecule has 6 rings (SSSR count). The van der Waals surface area contributed by atoms with Crippen molar-refractivity contribution in [3.05, 3.63) is 29.3 Å². The van der Waals surface area contributed by atoms with Crippen molar-refractivity contribution < 1.29 is 28.7 Å². The van der Waals surface area contributed by atoms with E-state index in [2.05, 4.69) is 15.1 Å². The highest BCUT2D eigenvalue weighted by molar-refractivity contribution is 6.23. The zero-order valence-corrected chi connectivity index (χ0v) is 26.2. The number of likely N-dealkylation sites (tertiary alicyclic amines) is 2. The molecular weight excluding hydrogens is 562 g/mol. The molecule has 4 fully saturated rings. The van der Waals surface area contributed by atoms with E-state index in [1.54, 1.807) is 6.07 Å². The molecule has 44 heavy (non-hydrogen) atoms. The van der Waals surface area contributed by atoms with Crippen LogP contribution in [0.2, 0.25) is 0 Å². The number of carbonyl (C=O) groups is 5. The molecule has 11 nitrogen and oxygen atoms in total. The van der Waals surface area contributed by atoms with Crippen LogP contribution in [0.5, 0.6) is 0 Å². The van der Waals surface area contributed by atoms with Gasteiger partial charge >= 0.3 is 6.09 Å². The fraction of sp³-hybridized carbons (Fsp3) is 0.667. The molecule has 0 saturated carbocycles. The first kappa shape index (κ1) is 30.6. The van der Waals surface area contributed by atoms with Gasteiger partial charge < -0.3 is 19.4 Å². The average molecular weight is 608 g/mol. The molecule has 1 N–H and O–H groups in total. The number of ether oxygens (including phenoxy) is 1. The minimum Gasteiger partial charge on any atom is -0.444 e. The summed E-state index contributed by atoms with van der Waals surface area (Å²) in [6.45, 7) is 12.3. The summed E-state index contributed by atoms with van der Waals surface area (Å²) in [5.41, 5.74) is 1.35. The third-order valence-corrected chi connectivity index (χ3v) is 10.1. The molecule has 5 heterocycles. The number of hydrogen-bond acceptors (Lipinski definition) is 8. The van der Waals surface area contributed by atoms with Gasteiger partial charge in [-0.1, -0.05) is 0 Å². The molecule has 1 aromatic carbocycles. The quantitative estimate of drug-likeness (QED) is 0.518. The van der Waals surface area contributed by atoms with Crippen LogP contribution in [-0.2, 0) is 14.3 Å². The Balaban J connectivity index is 1.03. The number of hydrogen-bond donors (Lipinski definition) is 1. The number of fused-ring (bicyclic) bond motifs is 1. The van der Waals surface area contributed by atoms with Crippen LogP contribution in [0.3, 0.4) is 0 Å². The summed E-state index contributed by atoms with van der Waals surface area (Å²) in [5, 5.41) is 2.25. The van der Waals surface area contributed by atoms with E-state index in [9.17, 15) is 24.0 Å². The van der Waals surface area contributed by atoms with Gasteiger partial charge in [0.2, 0.25) is 11.8 Å². The van der Waals surface area contributed by atoms with E-state index in [0.717, 1.165) is 88.5 Å². The Morgan fingerprint density at radius 1 is 0.932 bits per heavy atom. The summed E-state index contributed by atoms with van der Waals surface area (Å²) in [6, 6.07) is 4.51. The zero-order chi connectivity index (χ0) is 31.2. The Labute approximate surface area is 259 Å². The fourth-order valence-electron chi connectivity index (χ4n) is 7.69. The van der Waals surface area contributed by atoms with Crippen molar-refractivity contribution in [2.75, 3.05) is 50.7 Å². The number of nitrogens with one attached hydrogen (secondary N) is 1. The van der Waals surface area contributed by atoms with Crippen LogP contribution in [0.1, 0.15) is 92.9 Å². The maximum atomic E-state index is 13.4. The highest BCUT2D eigenvalue weighted by atomic mass is 16.6. The van der Waals surface area contributed by atoms with E-state index in [1.165, 1.54) is 6.42 Å². The lowest BCUT2D eigenvalue weighted by Gasteiger charge is -2.49. The Bertz CT molecular complexity index is 1340. The van der Waals surface area contributed by atoms with Gasteiger partial charge in [-0.15, -0.1) is 0 Å². The first-order chi connectivity index (χ1) is 20.9. The second-order valence-electron chi connectivity index (χ2n) is 14.4. The van der Waals surface area contributed by atoms with Crippen LogP contribution in [-0.4, -0.2) is 102 Å². The van der Waals surface area contributed by atoms with Crippen molar-refractivity contribution in [1.82, 2.24) is 20.0 Å². The summed E-state index contributed by atoms with van der Waals surface area (Å²) < 4.78 is 5.55. The van der Waals surface area contributed by atoms with Gasteiger partial charge in [0.15, 0.2) is 0 Å². The lowest BCUT2D eigenvalue weighted by molar-refractivity contribution is -0.136. The van der Waals surface area contributed by atoms with Gasteiger partial charge in [-0.2, -0.15) is 0 Å². The molecule has 11 heteroatoms. The van der Waals surface area contributed by atoms with Crippen molar-refractivity contribution >= 4 is 35.4 Å². The second kappa shape index (κ2) is 11.8. The minimum atomic E-state index is -0.954. The van der Waals surface area contributed by atoms with Gasteiger partial charge in [-0.25, -0.2) is 4.79 Å². The number of carbonyl (C=O) groups excluding carboxylic acids is 5. The SMILES string of the molecule is CC(C)(C)OC(=O)N1CCC(CN2CCC3(CCCN(c4ccc5c(c4)C(=O)N(C4CCC(=O)NC4=O)C5=O)C3)CC2)CC1. The van der Waals surface area contributed by atoms with Crippen molar-refractivity contribution in [2.45, 2.75) is 83.8 Å². The van der Waals surface area contributed by atoms with Crippen LogP contribution < -0.4 is 10.2 Å². The molecule has 238 valence electrons. The van der Waals surface area contributed by atoms with E-state index in [-0.39, 0.29) is 30.3 Å². The lowest BCUT2D eigenvalue weighted by Crippen LogP contribution is -2.54. The monoisotopic (exact) mass is 607 g/mol. The van der Waals surface area contributed by atoms with Crippen LogP contribution in [0, 0.1) is 11.3 Å². The molecule has 0 aliphatic carbocycles. The predicted octanol–water partition coefficient (Wildman–Crippen LogP) is 3.42. The number of piperidine rings is 4. The summed E-state index contributed by atoms with van der Waals surface area (Å²) in [6.07, 6.45) is 6.61. The van der Waals surface area contributed by atoms with Crippen LogP contribution in [0.15, 0.2) is 18.2 Å². The van der Waals surface area contributed by atoms with Crippen LogP contribution in [0.25, 0.3) is 0 Å². The summed E-state index contributed by atoms with van der Waals surface area (Å²) in [5.74, 6) is -1.30. The van der Waals surface area contributed by atoms with E-state index in [4.69, 9.17) is 4.74 Å². The van der Waals surface area contributed by atoms with Gasteiger partial charge in [-0.05, 0) is 108 Å². The van der Waals surface area contributed by atoms with Gasteiger partial charge in [0.25, 0.3) is 11.8 Å². The number of nitrogens with zero attached hydrogens (tertiary/aromatic N) is 4. The average Bonchev–Trinajstić information content (AvgIpc) is 3.23. The molecule has 1 atom stereocenters. The summed E-state index contributed by atoms with van der Waals surface area (Å²) in [7, 11) is 0. The molecule has 5 aliphatic heterocycles. The normalized spacial score (nSPS) is 25.0. The molecule has 1 spiro atoms. The largest absolute Gasteiger partial charge is 0.444 e. The molecule has 1 unspecified atom stereocenters. The molecule has 4 saturated heterocycles. The fourth-order valence-corrected chi connectivity index (χ4v) is 7.69. The Kier molecular flexibility index (Phi) is 8.19. The van der Waals surface area contributed by atoms with E-state index >= 15 is 0 Å². The van der Waals surface area contributed by atoms with Crippen LogP contribution in [0.4, 0.5) is 10.5 Å². The minimum absolute atomic E-state index is 0.107. The number of anilines is 1. The maximum absolute atomic E-state index is 13.4. The Morgan fingerprint density at radius 2 is 1.64 bits per heavy atom. The highest BCUT2D eigenvalue weighted by Gasteiger charge is 2.45. The molecular formula is C33H45N5O6. The van der Waals surface area contributed by atoms with Crippen LogP contribution >= 0.6 is 0 Å². The summed E-state index contributed by atoms with van der Waals surface area (Å²) in [4.78, 5) is 70.8. The number of benzene rings is 1. The zero-order valence-electron chi connectivity index (χ0n) is 26.2. The lowest BCUT2D eigenvalue weighted by atomic mass is 9.72. The smallest absolute Gasteiger partial charge is 0.410 e. The molecule has 5 aliphatic rings. The van der Waals surface area contributed by atoms with Gasteiger partial charge in [0, 0.05) is 44.8 Å². The highest BCUT2D eigenvalue weighted by Crippen LogP contribution is 2.42. The topological polar surface area (TPSA) is 120 Å². The third-order valence-electron chi connectivity index (χ3n) is 10.1. The Morgan fingerprint density at radius 3 is 2.32 bits per heavy atom. The number of amides is 5. The van der Waals surface area contributed by atoms with Crippen molar-refractivity contribution in [3.63, 3.8) is 0 Å². The van der Waals surface area contributed by atoms with Gasteiger partial charge in [-0.3, -0.25) is 29.4 Å². The number of imide groups is 2. The maximum Gasteiger partial charge on any atom is 0.410 e. The van der Waals surface area contributed by atoms with E-state index in [0.29, 0.717) is 17.0 Å². The van der Waals surface area contributed by atoms with E-state index in [1.807, 2.05) is 37.8 Å². The molecule has 1 aromatic rings. The molecule has 0 radical (unpaired) electrons. The predicted molar refractivity (Wildman–Crippen MR) is 163 cm³/mol. The molecule has 5 amide bonds.